The Labute approximate surface area is 154 Å². The third kappa shape index (κ3) is 5.17. The molecule has 0 unspecified atom stereocenters. The van der Waals surface area contributed by atoms with Crippen molar-refractivity contribution < 1.29 is 9.59 Å². The van der Waals surface area contributed by atoms with Crippen LogP contribution >= 0.6 is 0 Å². The first kappa shape index (κ1) is 18.1. The molecule has 0 bridgehead atoms. The van der Waals surface area contributed by atoms with Gasteiger partial charge in [-0.3, -0.25) is 14.5 Å². The second-order valence-corrected chi connectivity index (χ2v) is 6.74. The van der Waals surface area contributed by atoms with Crippen LogP contribution in [0.2, 0.25) is 0 Å². The van der Waals surface area contributed by atoms with E-state index in [1.165, 1.54) is 38.4 Å². The lowest BCUT2D eigenvalue weighted by Crippen LogP contribution is -2.23. The molecule has 2 amide bonds. The third-order valence-electron chi connectivity index (χ3n) is 4.53. The topological polar surface area (TPSA) is 61.4 Å². The summed E-state index contributed by atoms with van der Waals surface area (Å²) in [7, 11) is 0. The fraction of sp³-hybridized carbons (Fsp3) is 0.333. The standard InChI is InChI=1S/C21H25N3O2/c1-16(25)23-20-6-4-5-19(13-20)21(26)22-14-17-7-9-18(10-8-17)15-24-11-2-3-12-24/h4-10,13H,2-3,11-12,14-15H2,1H3,(H,22,26)(H,23,25). The number of rotatable bonds is 6. The minimum Gasteiger partial charge on any atom is -0.348 e. The first-order valence-electron chi connectivity index (χ1n) is 9.06. The van der Waals surface area contributed by atoms with Gasteiger partial charge in [0.2, 0.25) is 5.91 Å². The van der Waals surface area contributed by atoms with Gasteiger partial charge in [0.15, 0.2) is 0 Å². The molecular formula is C21H25N3O2. The predicted molar refractivity (Wildman–Crippen MR) is 103 cm³/mol. The number of anilines is 1. The lowest BCUT2D eigenvalue weighted by molar-refractivity contribution is -0.114. The highest BCUT2D eigenvalue weighted by Gasteiger charge is 2.11. The van der Waals surface area contributed by atoms with Crippen LogP contribution in [0.15, 0.2) is 48.5 Å². The average molecular weight is 351 g/mol. The fourth-order valence-electron chi connectivity index (χ4n) is 3.19. The molecule has 5 nitrogen and oxygen atoms in total. The smallest absolute Gasteiger partial charge is 0.251 e. The zero-order valence-electron chi connectivity index (χ0n) is 15.1. The van der Waals surface area contributed by atoms with Gasteiger partial charge in [-0.25, -0.2) is 0 Å². The van der Waals surface area contributed by atoms with Gasteiger partial charge in [0.05, 0.1) is 0 Å². The number of carbonyl (C=O) groups excluding carboxylic acids is 2. The monoisotopic (exact) mass is 351 g/mol. The maximum Gasteiger partial charge on any atom is 0.251 e. The van der Waals surface area contributed by atoms with Gasteiger partial charge in [-0.15, -0.1) is 0 Å². The molecule has 1 fully saturated rings. The summed E-state index contributed by atoms with van der Waals surface area (Å²) in [6, 6.07) is 15.3. The van der Waals surface area contributed by atoms with Gasteiger partial charge in [-0.05, 0) is 55.3 Å². The summed E-state index contributed by atoms with van der Waals surface area (Å²) >= 11 is 0. The second-order valence-electron chi connectivity index (χ2n) is 6.74. The minimum atomic E-state index is -0.156. The summed E-state index contributed by atoms with van der Waals surface area (Å²) < 4.78 is 0. The van der Waals surface area contributed by atoms with Crippen LogP contribution < -0.4 is 10.6 Å². The van der Waals surface area contributed by atoms with Crippen molar-refractivity contribution in [2.24, 2.45) is 0 Å². The van der Waals surface area contributed by atoms with E-state index in [2.05, 4.69) is 39.8 Å². The number of nitrogens with zero attached hydrogens (tertiary/aromatic N) is 1. The molecule has 0 aromatic heterocycles. The lowest BCUT2D eigenvalue weighted by Gasteiger charge is -2.14. The number of nitrogens with one attached hydrogen (secondary N) is 2. The Hall–Kier alpha value is -2.66. The van der Waals surface area contributed by atoms with Crippen molar-refractivity contribution in [1.29, 1.82) is 0 Å². The van der Waals surface area contributed by atoms with E-state index < -0.39 is 0 Å². The van der Waals surface area contributed by atoms with E-state index in [-0.39, 0.29) is 11.8 Å². The lowest BCUT2D eigenvalue weighted by atomic mass is 10.1. The molecule has 0 atom stereocenters. The fourth-order valence-corrected chi connectivity index (χ4v) is 3.19. The van der Waals surface area contributed by atoms with E-state index in [0.717, 1.165) is 12.1 Å². The van der Waals surface area contributed by atoms with Crippen LogP contribution in [0.5, 0.6) is 0 Å². The third-order valence-corrected chi connectivity index (χ3v) is 4.53. The van der Waals surface area contributed by atoms with Crippen LogP contribution in [0.3, 0.4) is 0 Å². The van der Waals surface area contributed by atoms with Crippen LogP contribution in [0, 0.1) is 0 Å². The van der Waals surface area contributed by atoms with Gasteiger partial charge in [-0.2, -0.15) is 0 Å². The highest BCUT2D eigenvalue weighted by molar-refractivity contribution is 5.96. The van der Waals surface area contributed by atoms with Gasteiger partial charge >= 0.3 is 0 Å². The molecule has 1 aliphatic heterocycles. The normalized spacial score (nSPS) is 14.2. The van der Waals surface area contributed by atoms with Crippen LogP contribution in [0.4, 0.5) is 5.69 Å². The Kier molecular flexibility index (Phi) is 6.02. The van der Waals surface area contributed by atoms with E-state index in [9.17, 15) is 9.59 Å². The molecule has 1 aliphatic rings. The zero-order chi connectivity index (χ0) is 18.4. The molecule has 0 spiro atoms. The largest absolute Gasteiger partial charge is 0.348 e. The van der Waals surface area contributed by atoms with Crippen LogP contribution in [-0.2, 0) is 17.9 Å². The summed E-state index contributed by atoms with van der Waals surface area (Å²) in [6.07, 6.45) is 2.60. The maximum absolute atomic E-state index is 12.3. The Morgan fingerprint density at radius 2 is 1.69 bits per heavy atom. The predicted octanol–water partition coefficient (Wildman–Crippen LogP) is 3.17. The SMILES string of the molecule is CC(=O)Nc1cccc(C(=O)NCc2ccc(CN3CCCC3)cc2)c1. The minimum absolute atomic E-state index is 0.154. The molecule has 2 aromatic carbocycles. The first-order chi connectivity index (χ1) is 12.6. The first-order valence-corrected chi connectivity index (χ1v) is 9.06. The van der Waals surface area contributed by atoms with Gasteiger partial charge in [0.25, 0.3) is 5.91 Å². The molecule has 136 valence electrons. The molecule has 3 rings (SSSR count). The van der Waals surface area contributed by atoms with Crippen molar-refractivity contribution >= 4 is 17.5 Å². The van der Waals surface area contributed by atoms with Crippen molar-refractivity contribution in [3.05, 3.63) is 65.2 Å². The van der Waals surface area contributed by atoms with Crippen molar-refractivity contribution in [3.63, 3.8) is 0 Å². The Balaban J connectivity index is 1.53. The molecule has 5 heteroatoms. The Bertz CT molecular complexity index is 765. The van der Waals surface area contributed by atoms with Gasteiger partial charge in [0, 0.05) is 31.3 Å². The van der Waals surface area contributed by atoms with Gasteiger partial charge in [0.1, 0.15) is 0 Å². The molecule has 0 saturated carbocycles. The average Bonchev–Trinajstić information content (AvgIpc) is 3.13. The van der Waals surface area contributed by atoms with Crippen molar-refractivity contribution in [1.82, 2.24) is 10.2 Å². The van der Waals surface area contributed by atoms with E-state index in [1.54, 1.807) is 24.3 Å². The Morgan fingerprint density at radius 1 is 1.00 bits per heavy atom. The summed E-state index contributed by atoms with van der Waals surface area (Å²) in [5.74, 6) is -0.310. The molecular weight excluding hydrogens is 326 g/mol. The van der Waals surface area contributed by atoms with Gasteiger partial charge < -0.3 is 10.6 Å². The summed E-state index contributed by atoms with van der Waals surface area (Å²) in [6.45, 7) is 5.31. The molecule has 0 radical (unpaired) electrons. The molecule has 1 heterocycles. The number of hydrogen-bond donors (Lipinski definition) is 2. The van der Waals surface area contributed by atoms with E-state index in [1.807, 2.05) is 0 Å². The molecule has 0 aliphatic carbocycles. The number of amides is 2. The zero-order valence-corrected chi connectivity index (χ0v) is 15.1. The molecule has 1 saturated heterocycles. The number of hydrogen-bond acceptors (Lipinski definition) is 3. The second kappa shape index (κ2) is 8.63. The number of likely N-dealkylation sites (tertiary alicyclic amines) is 1. The van der Waals surface area contributed by atoms with Crippen molar-refractivity contribution in [3.8, 4) is 0 Å². The number of carbonyl (C=O) groups is 2. The van der Waals surface area contributed by atoms with E-state index in [0.29, 0.717) is 17.8 Å². The summed E-state index contributed by atoms with van der Waals surface area (Å²) in [4.78, 5) is 25.9. The quantitative estimate of drug-likeness (QED) is 0.840. The molecule has 26 heavy (non-hydrogen) atoms. The number of benzene rings is 2. The van der Waals surface area contributed by atoms with Crippen molar-refractivity contribution in [2.45, 2.75) is 32.9 Å². The summed E-state index contributed by atoms with van der Waals surface area (Å²) in [5.41, 5.74) is 3.53. The van der Waals surface area contributed by atoms with E-state index >= 15 is 0 Å². The highest BCUT2D eigenvalue weighted by atomic mass is 16.2. The van der Waals surface area contributed by atoms with Crippen molar-refractivity contribution in [2.75, 3.05) is 18.4 Å². The molecule has 2 N–H and O–H groups in total. The molecule has 2 aromatic rings. The highest BCUT2D eigenvalue weighted by Crippen LogP contribution is 2.14. The summed E-state index contributed by atoms with van der Waals surface area (Å²) in [5, 5.41) is 5.61. The maximum atomic E-state index is 12.3. The van der Waals surface area contributed by atoms with E-state index in [4.69, 9.17) is 0 Å². The van der Waals surface area contributed by atoms with Crippen LogP contribution in [0.25, 0.3) is 0 Å². The Morgan fingerprint density at radius 3 is 2.38 bits per heavy atom. The van der Waals surface area contributed by atoms with Crippen LogP contribution in [0.1, 0.15) is 41.3 Å². The van der Waals surface area contributed by atoms with Gasteiger partial charge in [-0.1, -0.05) is 30.3 Å². The van der Waals surface area contributed by atoms with Crippen LogP contribution in [-0.4, -0.2) is 29.8 Å².